The zero-order valence-electron chi connectivity index (χ0n) is 12.5. The summed E-state index contributed by atoms with van der Waals surface area (Å²) in [5, 5.41) is 19.4. The van der Waals surface area contributed by atoms with E-state index in [-0.39, 0.29) is 11.8 Å². The minimum Gasteiger partial charge on any atom is -0.508 e. The number of benzene rings is 2. The minimum absolute atomic E-state index is 0.266. The first-order valence-electron chi connectivity index (χ1n) is 6.99. The summed E-state index contributed by atoms with van der Waals surface area (Å²) in [6, 6.07) is 11.0. The molecule has 0 spiro atoms. The molecule has 0 aliphatic heterocycles. The van der Waals surface area contributed by atoms with Crippen molar-refractivity contribution in [1.82, 2.24) is 0 Å². The van der Waals surface area contributed by atoms with E-state index in [4.69, 9.17) is 0 Å². The molecule has 2 nitrogen and oxygen atoms in total. The zero-order valence-corrected chi connectivity index (χ0v) is 12.5. The highest BCUT2D eigenvalue weighted by Crippen LogP contribution is 2.37. The number of phenolic OH excluding ortho intramolecular Hbond substituents is 2. The van der Waals surface area contributed by atoms with Crippen LogP contribution in [0.5, 0.6) is 11.5 Å². The van der Waals surface area contributed by atoms with Gasteiger partial charge in [0.1, 0.15) is 11.5 Å². The fraction of sp³-hybridized carbons (Fsp3) is 0.333. The van der Waals surface area contributed by atoms with Crippen molar-refractivity contribution < 1.29 is 10.2 Å². The van der Waals surface area contributed by atoms with Crippen molar-refractivity contribution in [3.63, 3.8) is 0 Å². The number of aromatic hydroxyl groups is 2. The molecular weight excluding hydrogens is 248 g/mol. The number of aryl methyl sites for hydroxylation is 2. The van der Waals surface area contributed by atoms with Gasteiger partial charge in [0.2, 0.25) is 0 Å². The summed E-state index contributed by atoms with van der Waals surface area (Å²) >= 11 is 0. The summed E-state index contributed by atoms with van der Waals surface area (Å²) < 4.78 is 0. The molecule has 0 aliphatic carbocycles. The van der Waals surface area contributed by atoms with E-state index in [1.54, 1.807) is 12.1 Å². The average molecular weight is 270 g/mol. The monoisotopic (exact) mass is 270 g/mol. The Morgan fingerprint density at radius 3 is 1.40 bits per heavy atom. The standard InChI is InChI=1S/C18H22O2/c1-11-5-7-15(19)9-17(11)13(3)14(4)18-10-16(20)8-6-12(18)2/h5-10,13-14,19-20H,1-4H3/t13-,14-/m1/s1. The molecular formula is C18H22O2. The molecule has 0 aromatic heterocycles. The van der Waals surface area contributed by atoms with Crippen LogP contribution in [0.25, 0.3) is 0 Å². The van der Waals surface area contributed by atoms with Crippen molar-refractivity contribution in [2.75, 3.05) is 0 Å². The number of hydrogen-bond acceptors (Lipinski definition) is 2. The maximum absolute atomic E-state index is 9.70. The Labute approximate surface area is 120 Å². The van der Waals surface area contributed by atoms with Crippen LogP contribution in [0.1, 0.15) is 47.9 Å². The van der Waals surface area contributed by atoms with Crippen LogP contribution >= 0.6 is 0 Å². The largest absolute Gasteiger partial charge is 0.508 e. The maximum atomic E-state index is 9.70. The van der Waals surface area contributed by atoms with Gasteiger partial charge in [0.05, 0.1) is 0 Å². The van der Waals surface area contributed by atoms with Crippen LogP contribution in [0.15, 0.2) is 36.4 Å². The van der Waals surface area contributed by atoms with E-state index in [0.717, 1.165) is 11.1 Å². The van der Waals surface area contributed by atoms with Gasteiger partial charge in [-0.25, -0.2) is 0 Å². The SMILES string of the molecule is Cc1ccc(O)cc1[C@H](C)[C@@H](C)c1cc(O)ccc1C. The van der Waals surface area contributed by atoms with E-state index < -0.39 is 0 Å². The van der Waals surface area contributed by atoms with Gasteiger partial charge in [-0.05, 0) is 72.2 Å². The van der Waals surface area contributed by atoms with Crippen LogP contribution in [-0.2, 0) is 0 Å². The van der Waals surface area contributed by atoms with Crippen LogP contribution in [0.4, 0.5) is 0 Å². The molecule has 2 N–H and O–H groups in total. The summed E-state index contributed by atoms with van der Waals surface area (Å²) in [6.07, 6.45) is 0. The van der Waals surface area contributed by atoms with E-state index >= 15 is 0 Å². The van der Waals surface area contributed by atoms with Crippen molar-refractivity contribution in [1.29, 1.82) is 0 Å². The lowest BCUT2D eigenvalue weighted by atomic mass is 9.81. The normalized spacial score (nSPS) is 14.0. The van der Waals surface area contributed by atoms with Gasteiger partial charge in [-0.15, -0.1) is 0 Å². The summed E-state index contributed by atoms with van der Waals surface area (Å²) in [7, 11) is 0. The molecule has 2 rings (SSSR count). The van der Waals surface area contributed by atoms with Gasteiger partial charge in [-0.1, -0.05) is 26.0 Å². The molecule has 0 saturated heterocycles. The second-order valence-corrected chi connectivity index (χ2v) is 5.66. The highest BCUT2D eigenvalue weighted by atomic mass is 16.3. The molecule has 0 unspecified atom stereocenters. The third-order valence-corrected chi connectivity index (χ3v) is 4.26. The van der Waals surface area contributed by atoms with Crippen molar-refractivity contribution in [3.05, 3.63) is 58.7 Å². The van der Waals surface area contributed by atoms with Crippen LogP contribution < -0.4 is 0 Å². The Morgan fingerprint density at radius 1 is 0.700 bits per heavy atom. The van der Waals surface area contributed by atoms with Gasteiger partial charge in [0, 0.05) is 0 Å². The molecule has 2 heteroatoms. The first kappa shape index (κ1) is 14.4. The summed E-state index contributed by atoms with van der Waals surface area (Å²) in [5.74, 6) is 1.14. The van der Waals surface area contributed by atoms with Gasteiger partial charge in [0.25, 0.3) is 0 Å². The van der Waals surface area contributed by atoms with Crippen LogP contribution in [0.2, 0.25) is 0 Å². The second kappa shape index (κ2) is 5.58. The predicted octanol–water partition coefficient (Wildman–Crippen LogP) is 4.62. The third kappa shape index (κ3) is 2.79. The van der Waals surface area contributed by atoms with E-state index in [1.165, 1.54) is 11.1 Å². The Bertz CT molecular complexity index is 561. The molecule has 0 aliphatic rings. The predicted molar refractivity (Wildman–Crippen MR) is 82.5 cm³/mol. The highest BCUT2D eigenvalue weighted by Gasteiger charge is 2.20. The molecule has 106 valence electrons. The summed E-state index contributed by atoms with van der Waals surface area (Å²) in [5.41, 5.74) is 4.67. The molecule has 0 bridgehead atoms. The van der Waals surface area contributed by atoms with E-state index in [0.29, 0.717) is 11.5 Å². The van der Waals surface area contributed by atoms with Gasteiger partial charge in [0.15, 0.2) is 0 Å². The minimum atomic E-state index is 0.266. The fourth-order valence-electron chi connectivity index (χ4n) is 2.78. The van der Waals surface area contributed by atoms with E-state index in [2.05, 4.69) is 27.7 Å². The molecule has 2 atom stereocenters. The molecule has 2 aromatic carbocycles. The lowest BCUT2D eigenvalue weighted by molar-refractivity contribution is 0.470. The highest BCUT2D eigenvalue weighted by molar-refractivity contribution is 5.41. The number of hydrogen-bond donors (Lipinski definition) is 2. The fourth-order valence-corrected chi connectivity index (χ4v) is 2.78. The molecule has 0 fully saturated rings. The van der Waals surface area contributed by atoms with E-state index in [1.807, 2.05) is 24.3 Å². The smallest absolute Gasteiger partial charge is 0.115 e. The quantitative estimate of drug-likeness (QED) is 0.854. The Kier molecular flexibility index (Phi) is 4.03. The van der Waals surface area contributed by atoms with Crippen LogP contribution in [-0.4, -0.2) is 10.2 Å². The van der Waals surface area contributed by atoms with Crippen LogP contribution in [0.3, 0.4) is 0 Å². The third-order valence-electron chi connectivity index (χ3n) is 4.26. The zero-order chi connectivity index (χ0) is 14.9. The first-order valence-corrected chi connectivity index (χ1v) is 6.99. The molecule has 20 heavy (non-hydrogen) atoms. The Morgan fingerprint density at radius 2 is 1.05 bits per heavy atom. The molecule has 2 aromatic rings. The van der Waals surface area contributed by atoms with Crippen LogP contribution in [0, 0.1) is 13.8 Å². The summed E-state index contributed by atoms with van der Waals surface area (Å²) in [6.45, 7) is 8.45. The lowest BCUT2D eigenvalue weighted by Crippen LogP contribution is -2.08. The van der Waals surface area contributed by atoms with Gasteiger partial charge in [-0.2, -0.15) is 0 Å². The summed E-state index contributed by atoms with van der Waals surface area (Å²) in [4.78, 5) is 0. The van der Waals surface area contributed by atoms with Gasteiger partial charge in [-0.3, -0.25) is 0 Å². The first-order chi connectivity index (χ1) is 9.40. The van der Waals surface area contributed by atoms with E-state index in [9.17, 15) is 10.2 Å². The molecule has 0 radical (unpaired) electrons. The number of rotatable bonds is 3. The molecule has 0 amide bonds. The molecule has 0 saturated carbocycles. The van der Waals surface area contributed by atoms with Crippen molar-refractivity contribution in [2.24, 2.45) is 0 Å². The Hall–Kier alpha value is -1.96. The average Bonchev–Trinajstić information content (AvgIpc) is 2.42. The van der Waals surface area contributed by atoms with Gasteiger partial charge < -0.3 is 10.2 Å². The van der Waals surface area contributed by atoms with Crippen molar-refractivity contribution >= 4 is 0 Å². The van der Waals surface area contributed by atoms with Crippen molar-refractivity contribution in [2.45, 2.75) is 39.5 Å². The Balaban J connectivity index is 2.39. The number of phenols is 2. The maximum Gasteiger partial charge on any atom is 0.115 e. The van der Waals surface area contributed by atoms with Crippen molar-refractivity contribution in [3.8, 4) is 11.5 Å². The molecule has 0 heterocycles. The topological polar surface area (TPSA) is 40.5 Å². The lowest BCUT2D eigenvalue weighted by Gasteiger charge is -2.24. The second-order valence-electron chi connectivity index (χ2n) is 5.66. The van der Waals surface area contributed by atoms with Gasteiger partial charge >= 0.3 is 0 Å².